The van der Waals surface area contributed by atoms with Gasteiger partial charge in [-0.25, -0.2) is 0 Å². The van der Waals surface area contributed by atoms with E-state index in [1.165, 1.54) is 42.4 Å². The maximum atomic E-state index is 7.62. The van der Waals surface area contributed by atoms with Crippen LogP contribution >= 0.6 is 11.3 Å². The molecule has 0 atom stereocenters. The first-order valence-corrected chi connectivity index (χ1v) is 11.6. The van der Waals surface area contributed by atoms with Crippen LogP contribution in [0.5, 0.6) is 0 Å². The standard InChI is InChI=1S/C24H26N4S.CH4N2/c1-27-10-6-16(7-11-27)18-2-4-22-20(14-18)21-15-19(3-5-23(21)29-22)17-8-12-28(13-9-17)24(25)26;2-1-3/h2-6,8,14-15H,7,9-13H2,1H3,(H3,25,26);1H,(H3,2,3). The average molecular weight is 447 g/mol. The van der Waals surface area contributed by atoms with Gasteiger partial charge in [0.25, 0.3) is 0 Å². The molecule has 2 aliphatic rings. The largest absolute Gasteiger partial charge is 0.390 e. The second-order valence-corrected chi connectivity index (χ2v) is 9.33. The summed E-state index contributed by atoms with van der Waals surface area (Å²) in [7, 11) is 2.18. The van der Waals surface area contributed by atoms with Gasteiger partial charge in [-0.2, -0.15) is 0 Å². The van der Waals surface area contributed by atoms with Crippen molar-refractivity contribution >= 4 is 55.0 Å². The van der Waals surface area contributed by atoms with E-state index < -0.39 is 0 Å². The molecule has 2 aromatic carbocycles. The van der Waals surface area contributed by atoms with Gasteiger partial charge in [0.05, 0.1) is 6.34 Å². The molecule has 7 heteroatoms. The van der Waals surface area contributed by atoms with Crippen molar-refractivity contribution in [3.8, 4) is 0 Å². The van der Waals surface area contributed by atoms with Gasteiger partial charge in [-0.05, 0) is 66.4 Å². The van der Waals surface area contributed by atoms with Crippen LogP contribution in [0.15, 0.2) is 48.6 Å². The molecule has 0 amide bonds. The number of nitrogens with zero attached hydrogens (tertiary/aromatic N) is 2. The van der Waals surface area contributed by atoms with E-state index in [2.05, 4.69) is 66.2 Å². The Kier molecular flexibility index (Phi) is 6.58. The minimum atomic E-state index is 0.162. The molecule has 6 N–H and O–H groups in total. The number of nitrogens with one attached hydrogen (secondary N) is 2. The Labute approximate surface area is 192 Å². The first-order valence-electron chi connectivity index (χ1n) is 10.8. The zero-order valence-corrected chi connectivity index (χ0v) is 19.2. The molecule has 0 saturated carbocycles. The molecule has 3 heterocycles. The Morgan fingerprint density at radius 1 is 0.938 bits per heavy atom. The summed E-state index contributed by atoms with van der Waals surface area (Å²) in [6.45, 7) is 3.70. The number of thiophene rings is 1. The molecule has 1 aromatic heterocycles. The quantitative estimate of drug-likeness (QED) is 0.348. The second-order valence-electron chi connectivity index (χ2n) is 8.24. The van der Waals surface area contributed by atoms with Crippen LogP contribution in [-0.2, 0) is 0 Å². The fourth-order valence-corrected chi connectivity index (χ4v) is 5.43. The van der Waals surface area contributed by atoms with E-state index in [4.69, 9.17) is 16.6 Å². The molecule has 0 radical (unpaired) electrons. The first kappa shape index (κ1) is 22.0. The Balaban J connectivity index is 0.000000775. The van der Waals surface area contributed by atoms with Crippen molar-refractivity contribution in [3.63, 3.8) is 0 Å². The van der Waals surface area contributed by atoms with E-state index in [0.717, 1.165) is 45.4 Å². The monoisotopic (exact) mass is 446 g/mol. The lowest BCUT2D eigenvalue weighted by Gasteiger charge is -2.26. The Hall–Kier alpha value is -3.16. The molecule has 6 nitrogen and oxygen atoms in total. The van der Waals surface area contributed by atoms with Gasteiger partial charge in [-0.1, -0.05) is 24.3 Å². The van der Waals surface area contributed by atoms with E-state index in [9.17, 15) is 0 Å². The lowest BCUT2D eigenvalue weighted by atomic mass is 9.96. The number of rotatable bonds is 2. The fraction of sp³-hybridized carbons (Fsp3) is 0.280. The molecule has 0 spiro atoms. The topological polar surface area (TPSA) is 106 Å². The molecule has 0 aliphatic carbocycles. The number of hydrogen-bond acceptors (Lipinski definition) is 4. The maximum absolute atomic E-state index is 7.62. The highest BCUT2D eigenvalue weighted by atomic mass is 32.1. The molecule has 0 saturated heterocycles. The third-order valence-corrected chi connectivity index (χ3v) is 7.32. The summed E-state index contributed by atoms with van der Waals surface area (Å²) in [4.78, 5) is 4.27. The molecule has 0 unspecified atom stereocenters. The number of likely N-dealkylation sites (N-methyl/N-ethyl adjacent to an activating group) is 1. The van der Waals surface area contributed by atoms with Crippen LogP contribution in [0.4, 0.5) is 0 Å². The third kappa shape index (κ3) is 4.54. The molecule has 166 valence electrons. The lowest BCUT2D eigenvalue weighted by Crippen LogP contribution is -2.39. The fourth-order valence-electron chi connectivity index (χ4n) is 4.36. The molecule has 0 bridgehead atoms. The summed E-state index contributed by atoms with van der Waals surface area (Å²) in [5, 5.41) is 16.2. The molecule has 32 heavy (non-hydrogen) atoms. The highest BCUT2D eigenvalue weighted by Crippen LogP contribution is 2.38. The lowest BCUT2D eigenvalue weighted by molar-refractivity contribution is 0.370. The number of fused-ring (bicyclic) bond motifs is 3. The van der Waals surface area contributed by atoms with E-state index in [1.807, 2.05) is 16.2 Å². The minimum absolute atomic E-state index is 0.162. The number of hydrogen-bond donors (Lipinski definition) is 4. The van der Waals surface area contributed by atoms with Crippen molar-refractivity contribution in [2.75, 3.05) is 33.2 Å². The van der Waals surface area contributed by atoms with Crippen LogP contribution in [-0.4, -0.2) is 55.3 Å². The third-order valence-electron chi connectivity index (χ3n) is 6.17. The molecular weight excluding hydrogens is 416 g/mol. The predicted molar refractivity (Wildman–Crippen MR) is 138 cm³/mol. The van der Waals surface area contributed by atoms with Gasteiger partial charge in [0, 0.05) is 46.4 Å². The van der Waals surface area contributed by atoms with E-state index in [0.29, 0.717) is 0 Å². The van der Waals surface area contributed by atoms with Crippen molar-refractivity contribution in [2.24, 2.45) is 11.5 Å². The van der Waals surface area contributed by atoms with Crippen molar-refractivity contribution < 1.29 is 0 Å². The van der Waals surface area contributed by atoms with Crippen LogP contribution < -0.4 is 11.5 Å². The van der Waals surface area contributed by atoms with Gasteiger partial charge in [0.15, 0.2) is 5.96 Å². The first-order chi connectivity index (χ1) is 15.5. The van der Waals surface area contributed by atoms with Crippen molar-refractivity contribution in [2.45, 2.75) is 12.8 Å². The highest BCUT2D eigenvalue weighted by Gasteiger charge is 2.16. The Morgan fingerprint density at radius 3 is 1.91 bits per heavy atom. The molecule has 3 aromatic rings. The summed E-state index contributed by atoms with van der Waals surface area (Å²) < 4.78 is 2.70. The molecule has 5 rings (SSSR count). The molecule has 0 fully saturated rings. The SMILES string of the molecule is CN1CC=C(c2ccc3sc4ccc(C5=CCN(C(=N)N)CC5)cc4c3c2)CC1.N=CN. The summed E-state index contributed by atoms with van der Waals surface area (Å²) in [6, 6.07) is 13.8. The van der Waals surface area contributed by atoms with Gasteiger partial charge < -0.3 is 21.3 Å². The van der Waals surface area contributed by atoms with Gasteiger partial charge in [-0.15, -0.1) is 11.3 Å². The average Bonchev–Trinajstić information content (AvgIpc) is 3.17. The van der Waals surface area contributed by atoms with Crippen LogP contribution in [0.2, 0.25) is 0 Å². The summed E-state index contributed by atoms with van der Waals surface area (Å²) in [5.41, 5.74) is 15.5. The predicted octanol–water partition coefficient (Wildman–Crippen LogP) is 4.31. The zero-order chi connectivity index (χ0) is 22.7. The smallest absolute Gasteiger partial charge is 0.188 e. The van der Waals surface area contributed by atoms with E-state index in [-0.39, 0.29) is 5.96 Å². The maximum Gasteiger partial charge on any atom is 0.188 e. The minimum Gasteiger partial charge on any atom is -0.390 e. The van der Waals surface area contributed by atoms with Crippen LogP contribution in [0.3, 0.4) is 0 Å². The van der Waals surface area contributed by atoms with Crippen LogP contribution in [0.25, 0.3) is 31.3 Å². The number of nitrogens with two attached hydrogens (primary N) is 2. The molecular formula is C25H30N6S. The summed E-state index contributed by atoms with van der Waals surface area (Å²) >= 11 is 1.88. The second kappa shape index (κ2) is 9.54. The Bertz CT molecular complexity index is 1220. The number of benzene rings is 2. The van der Waals surface area contributed by atoms with Crippen molar-refractivity contribution in [3.05, 3.63) is 59.7 Å². The summed E-state index contributed by atoms with van der Waals surface area (Å²) in [6.07, 6.45) is 7.39. The highest BCUT2D eigenvalue weighted by molar-refractivity contribution is 7.25. The van der Waals surface area contributed by atoms with Crippen molar-refractivity contribution in [1.82, 2.24) is 9.80 Å². The summed E-state index contributed by atoms with van der Waals surface area (Å²) in [5.74, 6) is 0.162. The normalized spacial score (nSPS) is 16.8. The molecule has 2 aliphatic heterocycles. The van der Waals surface area contributed by atoms with Gasteiger partial charge in [0.2, 0.25) is 0 Å². The van der Waals surface area contributed by atoms with Crippen LogP contribution in [0.1, 0.15) is 24.0 Å². The Morgan fingerprint density at radius 2 is 1.47 bits per heavy atom. The van der Waals surface area contributed by atoms with Gasteiger partial charge in [0.1, 0.15) is 0 Å². The van der Waals surface area contributed by atoms with Crippen LogP contribution in [0, 0.1) is 10.8 Å². The van der Waals surface area contributed by atoms with Gasteiger partial charge in [-0.3, -0.25) is 10.8 Å². The number of guanidine groups is 1. The van der Waals surface area contributed by atoms with Gasteiger partial charge >= 0.3 is 0 Å². The van der Waals surface area contributed by atoms with E-state index >= 15 is 0 Å². The van der Waals surface area contributed by atoms with Crippen molar-refractivity contribution in [1.29, 1.82) is 10.8 Å². The van der Waals surface area contributed by atoms with E-state index in [1.54, 1.807) is 0 Å². The zero-order valence-electron chi connectivity index (χ0n) is 18.4.